The Labute approximate surface area is 112 Å². The summed E-state index contributed by atoms with van der Waals surface area (Å²) in [5.41, 5.74) is 3.12. The van der Waals surface area contributed by atoms with Crippen molar-refractivity contribution >= 4 is 6.03 Å². The molecule has 0 saturated heterocycles. The molecule has 3 N–H and O–H groups in total. The molecule has 0 aliphatic carbocycles. The Morgan fingerprint density at radius 2 is 2.00 bits per heavy atom. The Hall–Kier alpha value is -2.30. The van der Waals surface area contributed by atoms with Crippen LogP contribution in [0.3, 0.4) is 0 Å². The summed E-state index contributed by atoms with van der Waals surface area (Å²) in [7, 11) is 0. The molecular weight excluding hydrogens is 240 g/mol. The minimum Gasteiger partial charge on any atom is -0.336 e. The van der Waals surface area contributed by atoms with Crippen LogP contribution in [0.15, 0.2) is 36.5 Å². The maximum Gasteiger partial charge on any atom is 0.315 e. The summed E-state index contributed by atoms with van der Waals surface area (Å²) in [5.74, 6) is 0. The van der Waals surface area contributed by atoms with Crippen LogP contribution in [-0.2, 0) is 6.54 Å². The molecule has 0 bridgehead atoms. The van der Waals surface area contributed by atoms with Crippen molar-refractivity contribution in [3.8, 4) is 11.3 Å². The number of H-pyrrole nitrogens is 1. The molecule has 5 nitrogen and oxygen atoms in total. The third kappa shape index (κ3) is 3.84. The van der Waals surface area contributed by atoms with Crippen LogP contribution in [0.5, 0.6) is 0 Å². The second-order valence-corrected chi connectivity index (χ2v) is 4.65. The van der Waals surface area contributed by atoms with Crippen LogP contribution >= 0.6 is 0 Å². The summed E-state index contributed by atoms with van der Waals surface area (Å²) in [5, 5.41) is 12.4. The van der Waals surface area contributed by atoms with Crippen LogP contribution < -0.4 is 10.6 Å². The van der Waals surface area contributed by atoms with Crippen molar-refractivity contribution < 1.29 is 4.79 Å². The summed E-state index contributed by atoms with van der Waals surface area (Å²) < 4.78 is 0. The topological polar surface area (TPSA) is 69.8 Å². The zero-order valence-corrected chi connectivity index (χ0v) is 11.1. The number of carbonyl (C=O) groups is 1. The molecule has 19 heavy (non-hydrogen) atoms. The quantitative estimate of drug-likeness (QED) is 0.787. The second-order valence-electron chi connectivity index (χ2n) is 4.65. The maximum atomic E-state index is 11.4. The van der Waals surface area contributed by atoms with Gasteiger partial charge in [-0.05, 0) is 31.0 Å². The third-order valence-corrected chi connectivity index (χ3v) is 2.64. The summed E-state index contributed by atoms with van der Waals surface area (Å²) in [4.78, 5) is 11.4. The predicted octanol–water partition coefficient (Wildman–Crippen LogP) is 2.28. The van der Waals surface area contributed by atoms with E-state index < -0.39 is 0 Å². The number of nitrogens with zero attached hydrogens (tertiary/aromatic N) is 1. The van der Waals surface area contributed by atoms with Gasteiger partial charge in [-0.3, -0.25) is 5.10 Å². The minimum atomic E-state index is -0.146. The van der Waals surface area contributed by atoms with E-state index >= 15 is 0 Å². The van der Waals surface area contributed by atoms with Gasteiger partial charge < -0.3 is 10.6 Å². The van der Waals surface area contributed by atoms with Crippen molar-refractivity contribution in [3.63, 3.8) is 0 Å². The molecule has 0 spiro atoms. The SMILES string of the molecule is CC(C)NC(=O)NCc1ccc(-c2ccn[nH]2)cc1. The Morgan fingerprint density at radius 3 is 2.58 bits per heavy atom. The number of urea groups is 1. The van der Waals surface area contributed by atoms with Crippen molar-refractivity contribution in [2.24, 2.45) is 0 Å². The Balaban J connectivity index is 1.91. The normalized spacial score (nSPS) is 10.5. The van der Waals surface area contributed by atoms with E-state index in [1.807, 2.05) is 44.2 Å². The lowest BCUT2D eigenvalue weighted by molar-refractivity contribution is 0.238. The first-order valence-corrected chi connectivity index (χ1v) is 6.28. The van der Waals surface area contributed by atoms with Crippen LogP contribution in [-0.4, -0.2) is 22.3 Å². The molecule has 0 atom stereocenters. The predicted molar refractivity (Wildman–Crippen MR) is 74.5 cm³/mol. The van der Waals surface area contributed by atoms with E-state index in [4.69, 9.17) is 0 Å². The van der Waals surface area contributed by atoms with E-state index in [0.29, 0.717) is 6.54 Å². The summed E-state index contributed by atoms with van der Waals surface area (Å²) in [6, 6.07) is 9.91. The molecule has 5 heteroatoms. The fraction of sp³-hybridized carbons (Fsp3) is 0.286. The first kappa shape index (κ1) is 13.1. The van der Waals surface area contributed by atoms with Crippen molar-refractivity contribution in [2.75, 3.05) is 0 Å². The van der Waals surface area contributed by atoms with Crippen molar-refractivity contribution in [3.05, 3.63) is 42.1 Å². The Kier molecular flexibility index (Phi) is 4.18. The number of nitrogens with one attached hydrogen (secondary N) is 3. The van der Waals surface area contributed by atoms with Crippen molar-refractivity contribution in [2.45, 2.75) is 26.4 Å². The molecule has 1 heterocycles. The number of carbonyl (C=O) groups excluding carboxylic acids is 1. The molecule has 0 aliphatic heterocycles. The number of aromatic nitrogens is 2. The van der Waals surface area contributed by atoms with Gasteiger partial charge in [-0.2, -0.15) is 5.10 Å². The molecular formula is C14H18N4O. The van der Waals surface area contributed by atoms with Crippen LogP contribution in [0.4, 0.5) is 4.79 Å². The number of rotatable bonds is 4. The maximum absolute atomic E-state index is 11.4. The lowest BCUT2D eigenvalue weighted by Crippen LogP contribution is -2.39. The Morgan fingerprint density at radius 1 is 1.26 bits per heavy atom. The van der Waals surface area contributed by atoms with Gasteiger partial charge in [-0.1, -0.05) is 24.3 Å². The highest BCUT2D eigenvalue weighted by atomic mass is 16.2. The number of hydrogen-bond acceptors (Lipinski definition) is 2. The van der Waals surface area contributed by atoms with Gasteiger partial charge in [0.1, 0.15) is 0 Å². The molecule has 0 saturated carbocycles. The number of hydrogen-bond donors (Lipinski definition) is 3. The molecule has 2 amide bonds. The van der Waals surface area contributed by atoms with Gasteiger partial charge in [0.15, 0.2) is 0 Å². The number of amides is 2. The Bertz CT molecular complexity index is 517. The lowest BCUT2D eigenvalue weighted by atomic mass is 10.1. The van der Waals surface area contributed by atoms with E-state index in [2.05, 4.69) is 20.8 Å². The number of aromatic amines is 1. The van der Waals surface area contributed by atoms with E-state index in [9.17, 15) is 4.79 Å². The average molecular weight is 258 g/mol. The molecule has 100 valence electrons. The van der Waals surface area contributed by atoms with Gasteiger partial charge in [0.25, 0.3) is 0 Å². The first-order valence-electron chi connectivity index (χ1n) is 6.28. The van der Waals surface area contributed by atoms with Gasteiger partial charge in [0.05, 0.1) is 5.69 Å². The number of benzene rings is 1. The molecule has 0 aliphatic rings. The largest absolute Gasteiger partial charge is 0.336 e. The monoisotopic (exact) mass is 258 g/mol. The van der Waals surface area contributed by atoms with Crippen molar-refractivity contribution in [1.29, 1.82) is 0 Å². The lowest BCUT2D eigenvalue weighted by Gasteiger charge is -2.10. The highest BCUT2D eigenvalue weighted by Crippen LogP contribution is 2.16. The second kappa shape index (κ2) is 6.04. The van der Waals surface area contributed by atoms with Crippen LogP contribution in [0.1, 0.15) is 19.4 Å². The molecule has 1 aromatic carbocycles. The fourth-order valence-corrected chi connectivity index (χ4v) is 1.71. The summed E-state index contributed by atoms with van der Waals surface area (Å²) >= 11 is 0. The zero-order chi connectivity index (χ0) is 13.7. The van der Waals surface area contributed by atoms with E-state index in [0.717, 1.165) is 16.8 Å². The zero-order valence-electron chi connectivity index (χ0n) is 11.1. The summed E-state index contributed by atoms with van der Waals surface area (Å²) in [6.45, 7) is 4.37. The minimum absolute atomic E-state index is 0.141. The molecule has 0 fully saturated rings. The van der Waals surface area contributed by atoms with Gasteiger partial charge in [0, 0.05) is 18.8 Å². The van der Waals surface area contributed by atoms with Gasteiger partial charge >= 0.3 is 6.03 Å². The van der Waals surface area contributed by atoms with Crippen molar-refractivity contribution in [1.82, 2.24) is 20.8 Å². The summed E-state index contributed by atoms with van der Waals surface area (Å²) in [6.07, 6.45) is 1.72. The molecule has 0 unspecified atom stereocenters. The van der Waals surface area contributed by atoms with Gasteiger partial charge in [-0.15, -0.1) is 0 Å². The highest BCUT2D eigenvalue weighted by Gasteiger charge is 2.03. The van der Waals surface area contributed by atoms with Crippen LogP contribution in [0.2, 0.25) is 0 Å². The van der Waals surface area contributed by atoms with Crippen LogP contribution in [0, 0.1) is 0 Å². The van der Waals surface area contributed by atoms with Crippen LogP contribution in [0.25, 0.3) is 11.3 Å². The fourth-order valence-electron chi connectivity index (χ4n) is 1.71. The van der Waals surface area contributed by atoms with E-state index in [1.165, 1.54) is 0 Å². The van der Waals surface area contributed by atoms with Gasteiger partial charge in [0.2, 0.25) is 0 Å². The molecule has 0 radical (unpaired) electrons. The first-order chi connectivity index (χ1) is 9.15. The standard InChI is InChI=1S/C14H18N4O/c1-10(2)17-14(19)15-9-11-3-5-12(6-4-11)13-7-8-16-18-13/h3-8,10H,9H2,1-2H3,(H,16,18)(H2,15,17,19). The third-order valence-electron chi connectivity index (χ3n) is 2.64. The average Bonchev–Trinajstić information content (AvgIpc) is 2.90. The molecule has 2 rings (SSSR count). The van der Waals surface area contributed by atoms with E-state index in [-0.39, 0.29) is 12.1 Å². The smallest absolute Gasteiger partial charge is 0.315 e. The van der Waals surface area contributed by atoms with E-state index in [1.54, 1.807) is 6.20 Å². The highest BCUT2D eigenvalue weighted by molar-refractivity contribution is 5.74. The molecule has 2 aromatic rings. The molecule has 1 aromatic heterocycles. The van der Waals surface area contributed by atoms with Gasteiger partial charge in [-0.25, -0.2) is 4.79 Å².